The summed E-state index contributed by atoms with van der Waals surface area (Å²) >= 11 is 7.77. The lowest BCUT2D eigenvalue weighted by Crippen LogP contribution is -2.40. The molecule has 0 radical (unpaired) electrons. The van der Waals surface area contributed by atoms with Crippen molar-refractivity contribution in [2.75, 3.05) is 13.2 Å². The molecular weight excluding hydrogens is 702 g/mol. The van der Waals surface area contributed by atoms with Crippen molar-refractivity contribution in [1.82, 2.24) is 9.13 Å². The number of carbonyl (C=O) groups is 1. The first-order valence-corrected chi connectivity index (χ1v) is 15.0. The molecule has 0 aliphatic carbocycles. The summed E-state index contributed by atoms with van der Waals surface area (Å²) in [5.74, 6) is -2.71. The molecule has 3 aromatic rings. The van der Waals surface area contributed by atoms with E-state index in [1.165, 1.54) is 19.2 Å². The molecule has 8 nitrogen and oxygen atoms in total. The smallest absolute Gasteiger partial charge is 0.416 e. The number of hydrogen-bond acceptors (Lipinski definition) is 6. The van der Waals surface area contributed by atoms with Gasteiger partial charge in [-0.1, -0.05) is 48.9 Å². The van der Waals surface area contributed by atoms with Crippen molar-refractivity contribution in [3.8, 4) is 0 Å². The van der Waals surface area contributed by atoms with Gasteiger partial charge in [0.15, 0.2) is 5.82 Å². The van der Waals surface area contributed by atoms with Crippen molar-refractivity contribution < 1.29 is 27.8 Å². The zero-order valence-electron chi connectivity index (χ0n) is 23.8. The number of aliphatic hydroxyl groups is 1. The van der Waals surface area contributed by atoms with Gasteiger partial charge >= 0.3 is 17.8 Å². The number of halogens is 5. The van der Waals surface area contributed by atoms with Crippen LogP contribution >= 0.6 is 34.2 Å². The van der Waals surface area contributed by atoms with Crippen molar-refractivity contribution in [2.24, 2.45) is 18.0 Å². The standard InChI is InChI=1S/C30H32ClF3IN3O5/c1-4-43-28(41)23(20-7-5-8-21(17-20)30(32,33)34)25(18(2)9-10-19-11-13-22(31)14-12-19)36-26-24(35)27(40)38(15-6-16-39)29(42)37(26)3/h5,7-8,11-14,17-18,23,39H,4,6,9-10,15-16H2,1-3H3/b36-25+. The third-order valence-corrected chi connectivity index (χ3v) is 8.08. The summed E-state index contributed by atoms with van der Waals surface area (Å²) in [4.78, 5) is 44.5. The monoisotopic (exact) mass is 733 g/mol. The fourth-order valence-electron chi connectivity index (χ4n) is 4.58. The van der Waals surface area contributed by atoms with Crippen LogP contribution in [0.4, 0.5) is 19.0 Å². The molecule has 13 heteroatoms. The summed E-state index contributed by atoms with van der Waals surface area (Å²) in [5.41, 5.74) is -1.15. The molecule has 0 amide bonds. The average Bonchev–Trinajstić information content (AvgIpc) is 2.97. The van der Waals surface area contributed by atoms with Crippen LogP contribution in [0.25, 0.3) is 0 Å². The lowest BCUT2D eigenvalue weighted by molar-refractivity contribution is -0.143. The molecule has 43 heavy (non-hydrogen) atoms. The van der Waals surface area contributed by atoms with Crippen LogP contribution in [-0.4, -0.2) is 39.1 Å². The molecule has 0 fully saturated rings. The Bertz CT molecular complexity index is 1550. The number of aromatic nitrogens is 2. The number of aliphatic hydroxyl groups excluding tert-OH is 1. The highest BCUT2D eigenvalue weighted by Gasteiger charge is 2.35. The van der Waals surface area contributed by atoms with Gasteiger partial charge in [0.05, 0.1) is 12.2 Å². The summed E-state index contributed by atoms with van der Waals surface area (Å²) in [6.45, 7) is 3.10. The molecule has 0 aliphatic heterocycles. The van der Waals surface area contributed by atoms with Gasteiger partial charge in [-0.05, 0) is 84.0 Å². The van der Waals surface area contributed by atoms with Crippen molar-refractivity contribution in [1.29, 1.82) is 0 Å². The third-order valence-electron chi connectivity index (χ3n) is 6.89. The Hall–Kier alpha value is -2.97. The molecular formula is C30H32ClF3IN3O5. The van der Waals surface area contributed by atoms with Gasteiger partial charge in [-0.25, -0.2) is 9.79 Å². The Kier molecular flexibility index (Phi) is 12.2. The molecule has 2 aromatic carbocycles. The molecule has 0 saturated carbocycles. The van der Waals surface area contributed by atoms with Gasteiger partial charge in [0.2, 0.25) is 0 Å². The SMILES string of the molecule is CCOC(=O)C(/C(=N/c1c(I)c(=O)n(CCCO)c(=O)n1C)C(C)CCc1ccc(Cl)cc1)c1cccc(C(F)(F)F)c1. The number of carbonyl (C=O) groups excluding carboxylic acids is 1. The van der Waals surface area contributed by atoms with Gasteiger partial charge in [0, 0.05) is 30.9 Å². The van der Waals surface area contributed by atoms with E-state index in [1.807, 2.05) is 12.1 Å². The maximum absolute atomic E-state index is 13.7. The zero-order valence-corrected chi connectivity index (χ0v) is 26.7. The summed E-state index contributed by atoms with van der Waals surface area (Å²) in [6, 6.07) is 11.6. The largest absolute Gasteiger partial charge is 0.465 e. The fraction of sp³-hybridized carbons (Fsp3) is 0.400. The number of aryl methyl sites for hydroxylation is 1. The van der Waals surface area contributed by atoms with E-state index in [0.717, 1.165) is 26.8 Å². The number of benzene rings is 2. The van der Waals surface area contributed by atoms with Crippen LogP contribution in [0.5, 0.6) is 0 Å². The van der Waals surface area contributed by atoms with E-state index in [1.54, 1.807) is 48.6 Å². The highest BCUT2D eigenvalue weighted by Crippen LogP contribution is 2.34. The molecule has 232 valence electrons. The normalized spacial score (nSPS) is 13.6. The molecule has 0 spiro atoms. The van der Waals surface area contributed by atoms with E-state index < -0.39 is 40.8 Å². The lowest BCUT2D eigenvalue weighted by Gasteiger charge is -2.25. The third kappa shape index (κ3) is 8.57. The molecule has 1 heterocycles. The minimum atomic E-state index is -4.66. The number of aliphatic imine (C=N–C) groups is 1. The topological polar surface area (TPSA) is 103 Å². The van der Waals surface area contributed by atoms with Crippen LogP contribution < -0.4 is 11.2 Å². The molecule has 0 saturated heterocycles. The van der Waals surface area contributed by atoms with Gasteiger partial charge in [-0.2, -0.15) is 13.2 Å². The van der Waals surface area contributed by atoms with Crippen LogP contribution in [0, 0.1) is 9.49 Å². The van der Waals surface area contributed by atoms with Crippen LogP contribution in [-0.2, 0) is 35.7 Å². The van der Waals surface area contributed by atoms with Crippen LogP contribution in [0.15, 0.2) is 63.1 Å². The van der Waals surface area contributed by atoms with E-state index in [-0.39, 0.29) is 46.8 Å². The second-order valence-electron chi connectivity index (χ2n) is 9.92. The van der Waals surface area contributed by atoms with E-state index in [4.69, 9.17) is 21.3 Å². The Labute approximate surface area is 265 Å². The first-order chi connectivity index (χ1) is 20.3. The number of esters is 1. The average molecular weight is 734 g/mol. The first kappa shape index (κ1) is 34.5. The number of nitrogens with zero attached hydrogens (tertiary/aromatic N) is 3. The summed E-state index contributed by atoms with van der Waals surface area (Å²) in [7, 11) is 1.41. The Morgan fingerprint density at radius 2 is 1.84 bits per heavy atom. The van der Waals surface area contributed by atoms with Gasteiger partial charge in [0.25, 0.3) is 5.56 Å². The lowest BCUT2D eigenvalue weighted by atomic mass is 9.84. The number of hydrogen-bond donors (Lipinski definition) is 1. The molecule has 0 bridgehead atoms. The second-order valence-corrected chi connectivity index (χ2v) is 11.4. The van der Waals surface area contributed by atoms with E-state index in [2.05, 4.69) is 0 Å². The predicted molar refractivity (Wildman–Crippen MR) is 167 cm³/mol. The maximum atomic E-state index is 13.7. The molecule has 1 aromatic heterocycles. The van der Waals surface area contributed by atoms with Crippen LogP contribution in [0.2, 0.25) is 5.02 Å². The Balaban J connectivity index is 2.26. The molecule has 0 aliphatic rings. The van der Waals surface area contributed by atoms with E-state index in [9.17, 15) is 32.7 Å². The molecule has 3 rings (SSSR count). The number of rotatable bonds is 12. The van der Waals surface area contributed by atoms with Crippen LogP contribution in [0.1, 0.15) is 49.3 Å². The van der Waals surface area contributed by atoms with Gasteiger partial charge in [0.1, 0.15) is 9.49 Å². The first-order valence-electron chi connectivity index (χ1n) is 13.6. The van der Waals surface area contributed by atoms with Crippen LogP contribution in [0.3, 0.4) is 0 Å². The molecule has 2 unspecified atom stereocenters. The summed E-state index contributed by atoms with van der Waals surface area (Å²) < 4.78 is 48.6. The van der Waals surface area contributed by atoms with Gasteiger partial charge in [-0.3, -0.25) is 18.7 Å². The predicted octanol–water partition coefficient (Wildman–Crippen LogP) is 5.89. The van der Waals surface area contributed by atoms with E-state index >= 15 is 0 Å². The van der Waals surface area contributed by atoms with Gasteiger partial charge < -0.3 is 9.84 Å². The highest BCUT2D eigenvalue weighted by molar-refractivity contribution is 14.1. The summed E-state index contributed by atoms with van der Waals surface area (Å²) in [5, 5.41) is 9.76. The quantitative estimate of drug-likeness (QED) is 0.142. The maximum Gasteiger partial charge on any atom is 0.416 e. The Morgan fingerprint density at radius 3 is 2.44 bits per heavy atom. The minimum absolute atomic E-state index is 0.0119. The van der Waals surface area contributed by atoms with Crippen molar-refractivity contribution in [3.05, 3.63) is 94.7 Å². The van der Waals surface area contributed by atoms with Crippen molar-refractivity contribution in [2.45, 2.75) is 51.7 Å². The van der Waals surface area contributed by atoms with Crippen molar-refractivity contribution >= 4 is 51.7 Å². The number of ether oxygens (including phenoxy) is 1. The highest BCUT2D eigenvalue weighted by atomic mass is 127. The fourth-order valence-corrected chi connectivity index (χ4v) is 5.48. The van der Waals surface area contributed by atoms with Gasteiger partial charge in [-0.15, -0.1) is 0 Å². The molecule has 1 N–H and O–H groups in total. The van der Waals surface area contributed by atoms with E-state index in [0.29, 0.717) is 17.9 Å². The second kappa shape index (κ2) is 15.2. The molecule has 2 atom stereocenters. The number of alkyl halides is 3. The summed E-state index contributed by atoms with van der Waals surface area (Å²) in [6.07, 6.45) is -3.53. The zero-order chi connectivity index (χ0) is 31.9. The Morgan fingerprint density at radius 1 is 1.16 bits per heavy atom. The van der Waals surface area contributed by atoms with Crippen molar-refractivity contribution in [3.63, 3.8) is 0 Å². The minimum Gasteiger partial charge on any atom is -0.465 e.